The Bertz CT molecular complexity index is 867. The minimum atomic E-state index is -4.52. The summed E-state index contributed by atoms with van der Waals surface area (Å²) in [6.45, 7) is 1.77. The van der Waals surface area contributed by atoms with Gasteiger partial charge in [0.1, 0.15) is 5.75 Å². The molecule has 7 heteroatoms. The van der Waals surface area contributed by atoms with Crippen molar-refractivity contribution in [3.05, 3.63) is 58.1 Å². The second-order valence-corrected chi connectivity index (χ2v) is 7.24. The molecule has 0 heterocycles. The van der Waals surface area contributed by atoms with Crippen LogP contribution in [0.1, 0.15) is 42.9 Å². The van der Waals surface area contributed by atoms with E-state index < -0.39 is 23.8 Å². The number of fused-ring (bicyclic) bond motifs is 1. The van der Waals surface area contributed by atoms with Crippen molar-refractivity contribution in [2.75, 3.05) is 5.32 Å². The van der Waals surface area contributed by atoms with Crippen LogP contribution in [0.2, 0.25) is 5.02 Å². The summed E-state index contributed by atoms with van der Waals surface area (Å²) in [6.07, 6.45) is -0.677. The van der Waals surface area contributed by atoms with E-state index in [-0.39, 0.29) is 10.7 Å². The molecule has 28 heavy (non-hydrogen) atoms. The van der Waals surface area contributed by atoms with Crippen molar-refractivity contribution >= 4 is 23.2 Å². The van der Waals surface area contributed by atoms with Gasteiger partial charge in [-0.15, -0.1) is 0 Å². The Labute approximate surface area is 166 Å². The van der Waals surface area contributed by atoms with Gasteiger partial charge in [0, 0.05) is 0 Å². The smallest absolute Gasteiger partial charge is 0.416 e. The molecule has 0 fully saturated rings. The molecule has 0 radical (unpaired) electrons. The van der Waals surface area contributed by atoms with Crippen LogP contribution < -0.4 is 10.1 Å². The first-order valence-corrected chi connectivity index (χ1v) is 9.62. The van der Waals surface area contributed by atoms with Crippen LogP contribution in [0.5, 0.6) is 5.75 Å². The van der Waals surface area contributed by atoms with E-state index in [1.807, 2.05) is 18.2 Å². The lowest BCUT2D eigenvalue weighted by Crippen LogP contribution is -2.32. The van der Waals surface area contributed by atoms with Crippen molar-refractivity contribution in [2.24, 2.45) is 0 Å². The molecule has 3 nitrogen and oxygen atoms in total. The van der Waals surface area contributed by atoms with Crippen LogP contribution >= 0.6 is 11.6 Å². The van der Waals surface area contributed by atoms with E-state index in [1.54, 1.807) is 6.92 Å². The first-order valence-electron chi connectivity index (χ1n) is 9.24. The summed E-state index contributed by atoms with van der Waals surface area (Å²) < 4.78 is 44.5. The molecule has 0 bridgehead atoms. The van der Waals surface area contributed by atoms with Crippen molar-refractivity contribution in [2.45, 2.75) is 51.3 Å². The van der Waals surface area contributed by atoms with Gasteiger partial charge < -0.3 is 10.1 Å². The average molecular weight is 412 g/mol. The number of benzene rings is 2. The van der Waals surface area contributed by atoms with Crippen molar-refractivity contribution in [1.29, 1.82) is 0 Å². The monoisotopic (exact) mass is 411 g/mol. The standard InChI is InChI=1S/C21H21ClF3NO2/c1-2-19(28-16-9-7-13-5-3-4-6-14(13)11-16)20(27)26-18-12-15(21(23,24)25)8-10-17(18)22/h7-12,19H,2-6H2,1H3,(H,26,27)/t19-/m0/s1. The molecule has 0 aromatic heterocycles. The largest absolute Gasteiger partial charge is 0.481 e. The molecule has 0 unspecified atom stereocenters. The van der Waals surface area contributed by atoms with E-state index in [2.05, 4.69) is 5.32 Å². The minimum Gasteiger partial charge on any atom is -0.481 e. The number of rotatable bonds is 5. The summed E-state index contributed by atoms with van der Waals surface area (Å²) in [5.74, 6) is 0.0410. The van der Waals surface area contributed by atoms with Crippen LogP contribution in [-0.4, -0.2) is 12.0 Å². The van der Waals surface area contributed by atoms with Gasteiger partial charge in [0.05, 0.1) is 16.3 Å². The Morgan fingerprint density at radius 3 is 2.54 bits per heavy atom. The number of carbonyl (C=O) groups excluding carboxylic acids is 1. The number of halogens is 4. The third-order valence-corrected chi connectivity index (χ3v) is 5.14. The third-order valence-electron chi connectivity index (χ3n) is 4.81. The highest BCUT2D eigenvalue weighted by atomic mass is 35.5. The van der Waals surface area contributed by atoms with Gasteiger partial charge in [-0.05, 0) is 73.6 Å². The Morgan fingerprint density at radius 2 is 1.86 bits per heavy atom. The number of nitrogens with one attached hydrogen (secondary N) is 1. The molecule has 0 spiro atoms. The van der Waals surface area contributed by atoms with Crippen molar-refractivity contribution in [3.63, 3.8) is 0 Å². The number of carbonyl (C=O) groups is 1. The summed E-state index contributed by atoms with van der Waals surface area (Å²) in [5, 5.41) is 2.49. The SMILES string of the molecule is CC[C@H](Oc1ccc2c(c1)CCCC2)C(=O)Nc1cc(C(F)(F)F)ccc1Cl. The molecule has 1 N–H and O–H groups in total. The quantitative estimate of drug-likeness (QED) is 0.652. The molecule has 0 saturated heterocycles. The van der Waals surface area contributed by atoms with Crippen LogP contribution in [-0.2, 0) is 23.8 Å². The highest BCUT2D eigenvalue weighted by Gasteiger charge is 2.31. The number of hydrogen-bond donors (Lipinski definition) is 1. The van der Waals surface area contributed by atoms with E-state index in [0.29, 0.717) is 12.2 Å². The summed E-state index contributed by atoms with van der Waals surface area (Å²) in [7, 11) is 0. The molecular weight excluding hydrogens is 391 g/mol. The maximum Gasteiger partial charge on any atom is 0.416 e. The lowest BCUT2D eigenvalue weighted by molar-refractivity contribution is -0.137. The van der Waals surface area contributed by atoms with Gasteiger partial charge in [0.15, 0.2) is 6.10 Å². The van der Waals surface area contributed by atoms with Gasteiger partial charge in [-0.1, -0.05) is 24.6 Å². The first kappa shape index (κ1) is 20.5. The molecule has 150 valence electrons. The van der Waals surface area contributed by atoms with E-state index in [9.17, 15) is 18.0 Å². The zero-order chi connectivity index (χ0) is 20.3. The molecule has 3 rings (SSSR count). The molecule has 2 aromatic carbocycles. The highest BCUT2D eigenvalue weighted by Crippen LogP contribution is 2.34. The van der Waals surface area contributed by atoms with Crippen LogP contribution in [0.4, 0.5) is 18.9 Å². The van der Waals surface area contributed by atoms with Crippen LogP contribution in [0, 0.1) is 0 Å². The maximum atomic E-state index is 12.9. The molecule has 0 saturated carbocycles. The Hall–Kier alpha value is -2.21. The zero-order valence-electron chi connectivity index (χ0n) is 15.4. The Kier molecular flexibility index (Phi) is 6.18. The van der Waals surface area contributed by atoms with Crippen molar-refractivity contribution in [1.82, 2.24) is 0 Å². The third kappa shape index (κ3) is 4.79. The average Bonchev–Trinajstić information content (AvgIpc) is 2.66. The summed E-state index contributed by atoms with van der Waals surface area (Å²) >= 11 is 5.95. The predicted octanol–water partition coefficient (Wildman–Crippen LogP) is 6.03. The number of ether oxygens (including phenoxy) is 1. The summed E-state index contributed by atoms with van der Waals surface area (Å²) in [5.41, 5.74) is 1.55. The van der Waals surface area contributed by atoms with Crippen molar-refractivity contribution < 1.29 is 22.7 Å². The zero-order valence-corrected chi connectivity index (χ0v) is 16.2. The number of hydrogen-bond acceptors (Lipinski definition) is 2. The normalized spacial score (nSPS) is 14.9. The Morgan fingerprint density at radius 1 is 1.14 bits per heavy atom. The van der Waals surface area contributed by atoms with Gasteiger partial charge in [0.2, 0.25) is 0 Å². The molecule has 1 atom stereocenters. The topological polar surface area (TPSA) is 38.3 Å². The molecule has 1 aliphatic rings. The molecule has 0 aliphatic heterocycles. The van der Waals surface area contributed by atoms with Crippen LogP contribution in [0.15, 0.2) is 36.4 Å². The van der Waals surface area contributed by atoms with Crippen LogP contribution in [0.25, 0.3) is 0 Å². The fourth-order valence-corrected chi connectivity index (χ4v) is 3.45. The molecule has 1 amide bonds. The molecule has 2 aromatic rings. The first-order chi connectivity index (χ1) is 13.3. The second-order valence-electron chi connectivity index (χ2n) is 6.83. The summed E-state index contributed by atoms with van der Waals surface area (Å²) in [6, 6.07) is 8.60. The lowest BCUT2D eigenvalue weighted by atomic mass is 9.92. The number of alkyl halides is 3. The van der Waals surface area contributed by atoms with Gasteiger partial charge in [0.25, 0.3) is 5.91 Å². The maximum absolute atomic E-state index is 12.9. The molecule has 1 aliphatic carbocycles. The summed E-state index contributed by atoms with van der Waals surface area (Å²) in [4.78, 5) is 12.6. The van der Waals surface area contributed by atoms with Crippen LogP contribution in [0.3, 0.4) is 0 Å². The van der Waals surface area contributed by atoms with E-state index in [1.165, 1.54) is 17.5 Å². The Balaban J connectivity index is 1.74. The predicted molar refractivity (Wildman–Crippen MR) is 103 cm³/mol. The van der Waals surface area contributed by atoms with Gasteiger partial charge in [-0.3, -0.25) is 4.79 Å². The van der Waals surface area contributed by atoms with E-state index >= 15 is 0 Å². The van der Waals surface area contributed by atoms with E-state index in [4.69, 9.17) is 16.3 Å². The molecular formula is C21H21ClF3NO2. The number of anilines is 1. The number of amides is 1. The van der Waals surface area contributed by atoms with Gasteiger partial charge >= 0.3 is 6.18 Å². The fourth-order valence-electron chi connectivity index (χ4n) is 3.28. The lowest BCUT2D eigenvalue weighted by Gasteiger charge is -2.21. The van der Waals surface area contributed by atoms with Gasteiger partial charge in [-0.25, -0.2) is 0 Å². The van der Waals surface area contributed by atoms with Gasteiger partial charge in [-0.2, -0.15) is 13.2 Å². The highest BCUT2D eigenvalue weighted by molar-refractivity contribution is 6.33. The second kappa shape index (κ2) is 8.43. The van der Waals surface area contributed by atoms with E-state index in [0.717, 1.165) is 37.5 Å². The fraction of sp³-hybridized carbons (Fsp3) is 0.381. The minimum absolute atomic E-state index is 0.0324. The number of aryl methyl sites for hydroxylation is 2. The van der Waals surface area contributed by atoms with Crippen molar-refractivity contribution in [3.8, 4) is 5.75 Å².